The third kappa shape index (κ3) is 2.02. The fourth-order valence-electron chi connectivity index (χ4n) is 2.44. The fraction of sp³-hybridized carbons (Fsp3) is 0.125. The van der Waals surface area contributed by atoms with Crippen LogP contribution in [0.2, 0.25) is 0 Å². The Morgan fingerprint density at radius 1 is 0.895 bits per heavy atom. The van der Waals surface area contributed by atoms with Crippen LogP contribution < -0.4 is 0 Å². The summed E-state index contributed by atoms with van der Waals surface area (Å²) in [6, 6.07) is 11.9. The molecule has 2 nitrogen and oxygen atoms in total. The maximum absolute atomic E-state index is 14.1. The second kappa shape index (κ2) is 4.52. The summed E-state index contributed by atoms with van der Waals surface area (Å²) in [5.41, 5.74) is 0.979. The van der Waals surface area contributed by atoms with E-state index in [0.29, 0.717) is 11.8 Å². The number of hydrogen-bond acceptors (Lipinski definition) is 2. The molecular weight excluding hydrogens is 243 g/mol. The van der Waals surface area contributed by atoms with Gasteiger partial charge in [-0.25, -0.2) is 4.39 Å². The highest BCUT2D eigenvalue weighted by Gasteiger charge is 2.07. The van der Waals surface area contributed by atoms with Crippen molar-refractivity contribution in [2.24, 2.45) is 0 Å². The van der Waals surface area contributed by atoms with E-state index in [2.05, 4.69) is 0 Å². The lowest BCUT2D eigenvalue weighted by atomic mass is 9.99. The summed E-state index contributed by atoms with van der Waals surface area (Å²) in [5.74, 6) is -0.290. The zero-order valence-corrected chi connectivity index (χ0v) is 10.2. The predicted octanol–water partition coefficient (Wildman–Crippen LogP) is 3.37. The van der Waals surface area contributed by atoms with Crippen LogP contribution in [0.5, 0.6) is 5.75 Å². The van der Waals surface area contributed by atoms with E-state index in [4.69, 9.17) is 5.11 Å². The van der Waals surface area contributed by atoms with Crippen LogP contribution in [0, 0.1) is 5.82 Å². The summed E-state index contributed by atoms with van der Waals surface area (Å²) in [7, 11) is 0. The van der Waals surface area contributed by atoms with Crippen LogP contribution >= 0.6 is 0 Å². The molecule has 0 unspecified atom stereocenters. The van der Waals surface area contributed by atoms with Crippen LogP contribution in [0.15, 0.2) is 42.5 Å². The molecule has 0 spiro atoms. The predicted molar refractivity (Wildman–Crippen MR) is 73.9 cm³/mol. The van der Waals surface area contributed by atoms with Crippen molar-refractivity contribution in [3.63, 3.8) is 0 Å². The third-order valence-corrected chi connectivity index (χ3v) is 3.35. The molecule has 2 N–H and O–H groups in total. The monoisotopic (exact) mass is 256 g/mol. The molecule has 0 aliphatic heterocycles. The highest BCUT2D eigenvalue weighted by Crippen LogP contribution is 2.30. The van der Waals surface area contributed by atoms with Crippen molar-refractivity contribution in [1.29, 1.82) is 0 Å². The van der Waals surface area contributed by atoms with Crippen LogP contribution in [-0.2, 0) is 6.42 Å². The van der Waals surface area contributed by atoms with Gasteiger partial charge in [-0.05, 0) is 52.4 Å². The number of rotatable bonds is 2. The van der Waals surface area contributed by atoms with E-state index in [1.54, 1.807) is 12.1 Å². The Kier molecular flexibility index (Phi) is 2.84. The molecule has 3 rings (SSSR count). The molecule has 0 amide bonds. The number of aromatic hydroxyl groups is 1. The molecular formula is C16H13FO2. The van der Waals surface area contributed by atoms with Gasteiger partial charge >= 0.3 is 0 Å². The fourth-order valence-corrected chi connectivity index (χ4v) is 2.44. The molecule has 0 heterocycles. The van der Waals surface area contributed by atoms with Gasteiger partial charge in [-0.15, -0.1) is 0 Å². The van der Waals surface area contributed by atoms with Crippen LogP contribution in [-0.4, -0.2) is 16.8 Å². The zero-order valence-electron chi connectivity index (χ0n) is 10.2. The van der Waals surface area contributed by atoms with Crippen LogP contribution in [0.3, 0.4) is 0 Å². The number of halogens is 1. The van der Waals surface area contributed by atoms with Crippen molar-refractivity contribution < 1.29 is 14.6 Å². The van der Waals surface area contributed by atoms with E-state index in [9.17, 15) is 9.50 Å². The Bertz CT molecular complexity index is 765. The van der Waals surface area contributed by atoms with Crippen molar-refractivity contribution in [1.82, 2.24) is 0 Å². The van der Waals surface area contributed by atoms with Gasteiger partial charge in [-0.2, -0.15) is 0 Å². The molecule has 0 atom stereocenters. The van der Waals surface area contributed by atoms with Gasteiger partial charge in [-0.1, -0.05) is 18.2 Å². The summed E-state index contributed by atoms with van der Waals surface area (Å²) in [5, 5.41) is 21.3. The Morgan fingerprint density at radius 2 is 1.68 bits per heavy atom. The minimum atomic E-state index is -0.348. The van der Waals surface area contributed by atoms with E-state index < -0.39 is 0 Å². The number of hydrogen-bond donors (Lipinski definition) is 2. The van der Waals surface area contributed by atoms with E-state index in [1.807, 2.05) is 18.2 Å². The quantitative estimate of drug-likeness (QED) is 0.690. The molecule has 96 valence electrons. The van der Waals surface area contributed by atoms with Crippen molar-refractivity contribution in [2.75, 3.05) is 6.61 Å². The van der Waals surface area contributed by atoms with Gasteiger partial charge in [0, 0.05) is 12.0 Å². The standard InChI is InChI=1S/C16H13FO2/c17-16-8-11-7-10(5-6-18)1-3-13(11)14-4-2-12(19)9-15(14)16/h1-4,7-9,18-19H,5-6H2. The highest BCUT2D eigenvalue weighted by atomic mass is 19.1. The minimum absolute atomic E-state index is 0.0580. The summed E-state index contributed by atoms with van der Waals surface area (Å²) in [6.45, 7) is 0.0788. The number of phenolic OH excluding ortho intramolecular Hbond substituents is 1. The number of fused-ring (bicyclic) bond motifs is 3. The van der Waals surface area contributed by atoms with Crippen LogP contribution in [0.25, 0.3) is 21.5 Å². The molecule has 0 saturated heterocycles. The Hall–Kier alpha value is -2.13. The Morgan fingerprint density at radius 3 is 2.47 bits per heavy atom. The molecule has 19 heavy (non-hydrogen) atoms. The lowest BCUT2D eigenvalue weighted by molar-refractivity contribution is 0.299. The summed E-state index contributed by atoms with van der Waals surface area (Å²) < 4.78 is 14.1. The zero-order chi connectivity index (χ0) is 13.4. The van der Waals surface area contributed by atoms with Crippen molar-refractivity contribution in [3.8, 4) is 5.75 Å². The largest absolute Gasteiger partial charge is 0.508 e. The lowest BCUT2D eigenvalue weighted by Crippen LogP contribution is -1.91. The molecule has 0 aliphatic carbocycles. The molecule has 3 aromatic carbocycles. The number of benzene rings is 3. The van der Waals surface area contributed by atoms with E-state index >= 15 is 0 Å². The average Bonchev–Trinajstić information content (AvgIpc) is 2.39. The summed E-state index contributed by atoms with van der Waals surface area (Å²) in [6.07, 6.45) is 0.561. The highest BCUT2D eigenvalue weighted by molar-refractivity contribution is 6.08. The lowest BCUT2D eigenvalue weighted by Gasteiger charge is -2.08. The summed E-state index contributed by atoms with van der Waals surface area (Å²) >= 11 is 0. The molecule has 0 aliphatic rings. The van der Waals surface area contributed by atoms with Gasteiger partial charge in [0.1, 0.15) is 11.6 Å². The molecule has 0 bridgehead atoms. The maximum atomic E-state index is 14.1. The van der Waals surface area contributed by atoms with Gasteiger partial charge in [0.05, 0.1) is 0 Å². The van der Waals surface area contributed by atoms with Crippen LogP contribution in [0.1, 0.15) is 5.56 Å². The molecule has 0 aromatic heterocycles. The Balaban J connectivity index is 2.35. The Labute approximate surface area is 109 Å². The van der Waals surface area contributed by atoms with Gasteiger partial charge < -0.3 is 10.2 Å². The summed E-state index contributed by atoms with van der Waals surface area (Å²) in [4.78, 5) is 0. The van der Waals surface area contributed by atoms with Gasteiger partial charge in [0.25, 0.3) is 0 Å². The normalized spacial score (nSPS) is 11.3. The number of phenols is 1. The average molecular weight is 256 g/mol. The second-order valence-corrected chi connectivity index (χ2v) is 4.62. The van der Waals surface area contributed by atoms with Gasteiger partial charge in [-0.3, -0.25) is 0 Å². The molecule has 0 fully saturated rings. The third-order valence-electron chi connectivity index (χ3n) is 3.35. The number of aliphatic hydroxyl groups is 1. The van der Waals surface area contributed by atoms with Crippen molar-refractivity contribution >= 4 is 21.5 Å². The van der Waals surface area contributed by atoms with E-state index in [-0.39, 0.29) is 18.2 Å². The molecule has 3 heteroatoms. The first-order chi connectivity index (χ1) is 9.19. The van der Waals surface area contributed by atoms with Crippen molar-refractivity contribution in [2.45, 2.75) is 6.42 Å². The SMILES string of the molecule is OCCc1ccc2c(c1)cc(F)c1cc(O)ccc12. The van der Waals surface area contributed by atoms with E-state index in [1.165, 1.54) is 12.1 Å². The first-order valence-corrected chi connectivity index (χ1v) is 6.14. The smallest absolute Gasteiger partial charge is 0.131 e. The first kappa shape index (κ1) is 11.9. The van der Waals surface area contributed by atoms with Crippen molar-refractivity contribution in [3.05, 3.63) is 53.8 Å². The topological polar surface area (TPSA) is 40.5 Å². The van der Waals surface area contributed by atoms with E-state index in [0.717, 1.165) is 21.7 Å². The molecule has 0 saturated carbocycles. The van der Waals surface area contributed by atoms with Crippen LogP contribution in [0.4, 0.5) is 4.39 Å². The molecule has 0 radical (unpaired) electrons. The second-order valence-electron chi connectivity index (χ2n) is 4.62. The maximum Gasteiger partial charge on any atom is 0.131 e. The first-order valence-electron chi connectivity index (χ1n) is 6.14. The minimum Gasteiger partial charge on any atom is -0.508 e. The van der Waals surface area contributed by atoms with Gasteiger partial charge in [0.2, 0.25) is 0 Å². The molecule has 3 aromatic rings. The van der Waals surface area contributed by atoms with Gasteiger partial charge in [0.15, 0.2) is 0 Å². The number of aliphatic hydroxyl groups excluding tert-OH is 1.